The van der Waals surface area contributed by atoms with Crippen LogP contribution in [0.5, 0.6) is 5.75 Å². The average Bonchev–Trinajstić information content (AvgIpc) is 2.65. The number of nitrogens with one attached hydrogen (secondary N) is 1. The smallest absolute Gasteiger partial charge is 0.331 e. The molecule has 6 heteroatoms. The minimum atomic E-state index is -0.599. The highest BCUT2D eigenvalue weighted by Crippen LogP contribution is 2.17. The second kappa shape index (κ2) is 9.63. The summed E-state index contributed by atoms with van der Waals surface area (Å²) in [6.07, 6.45) is 2.85. The highest BCUT2D eigenvalue weighted by molar-refractivity contribution is 6.31. The summed E-state index contributed by atoms with van der Waals surface area (Å²) in [4.78, 5) is 23.5. The van der Waals surface area contributed by atoms with E-state index in [1.165, 1.54) is 6.08 Å². The number of benzene rings is 2. The van der Waals surface area contributed by atoms with Crippen molar-refractivity contribution in [3.05, 3.63) is 70.3 Å². The summed E-state index contributed by atoms with van der Waals surface area (Å²) >= 11 is 6.03. The molecular formula is C20H20ClNO4. The second-order valence-electron chi connectivity index (χ2n) is 5.58. The molecule has 0 unspecified atom stereocenters. The number of esters is 1. The van der Waals surface area contributed by atoms with Gasteiger partial charge in [0, 0.05) is 17.6 Å². The van der Waals surface area contributed by atoms with Crippen molar-refractivity contribution in [2.75, 3.05) is 13.7 Å². The van der Waals surface area contributed by atoms with E-state index in [0.717, 1.165) is 16.7 Å². The molecule has 0 aliphatic heterocycles. The predicted octanol–water partition coefficient (Wildman–Crippen LogP) is 3.53. The van der Waals surface area contributed by atoms with E-state index in [1.54, 1.807) is 19.3 Å². The van der Waals surface area contributed by atoms with Crippen LogP contribution in [0, 0.1) is 6.92 Å². The molecule has 0 saturated heterocycles. The molecule has 26 heavy (non-hydrogen) atoms. The molecule has 0 bridgehead atoms. The second-order valence-corrected chi connectivity index (χ2v) is 5.99. The van der Waals surface area contributed by atoms with Gasteiger partial charge in [-0.15, -0.1) is 0 Å². The average molecular weight is 374 g/mol. The maximum absolute atomic E-state index is 11.8. The van der Waals surface area contributed by atoms with Gasteiger partial charge in [0.1, 0.15) is 5.75 Å². The lowest BCUT2D eigenvalue weighted by Gasteiger charge is -2.07. The summed E-state index contributed by atoms with van der Waals surface area (Å²) in [6.45, 7) is 1.88. The lowest BCUT2D eigenvalue weighted by atomic mass is 10.1. The standard InChI is InChI=1S/C20H20ClNO4/c1-14-6-7-15(11-18(14)21)8-9-20(24)26-13-19(23)22-12-16-4-3-5-17(10-16)25-2/h3-11H,12-13H2,1-2H3,(H,22,23)/b9-8+. The number of methoxy groups -OCH3 is 1. The molecule has 1 amide bonds. The SMILES string of the molecule is COc1cccc(CNC(=O)COC(=O)/C=C/c2ccc(C)c(Cl)c2)c1. The van der Waals surface area contributed by atoms with Gasteiger partial charge >= 0.3 is 5.97 Å². The van der Waals surface area contributed by atoms with Crippen molar-refractivity contribution in [2.24, 2.45) is 0 Å². The fourth-order valence-electron chi connectivity index (χ4n) is 2.10. The summed E-state index contributed by atoms with van der Waals surface area (Å²) in [7, 11) is 1.58. The third-order valence-electron chi connectivity index (χ3n) is 3.58. The minimum Gasteiger partial charge on any atom is -0.497 e. The minimum absolute atomic E-state index is 0.325. The molecule has 136 valence electrons. The Morgan fingerprint density at radius 1 is 1.19 bits per heavy atom. The van der Waals surface area contributed by atoms with Crippen LogP contribution in [0.3, 0.4) is 0 Å². The molecule has 0 spiro atoms. The molecule has 0 saturated carbocycles. The number of halogens is 1. The zero-order valence-electron chi connectivity index (χ0n) is 14.6. The molecule has 2 aromatic rings. The first-order valence-electron chi connectivity index (χ1n) is 7.98. The summed E-state index contributed by atoms with van der Waals surface area (Å²) in [5.74, 6) is -0.268. The van der Waals surface area contributed by atoms with Crippen LogP contribution >= 0.6 is 11.6 Å². The normalized spacial score (nSPS) is 10.6. The van der Waals surface area contributed by atoms with Crippen LogP contribution < -0.4 is 10.1 Å². The van der Waals surface area contributed by atoms with Gasteiger partial charge in [0.05, 0.1) is 7.11 Å². The fourth-order valence-corrected chi connectivity index (χ4v) is 2.28. The Morgan fingerprint density at radius 3 is 2.73 bits per heavy atom. The van der Waals surface area contributed by atoms with Crippen molar-refractivity contribution in [3.8, 4) is 5.75 Å². The molecular weight excluding hydrogens is 354 g/mol. The first kappa shape index (κ1) is 19.5. The van der Waals surface area contributed by atoms with E-state index >= 15 is 0 Å². The third-order valence-corrected chi connectivity index (χ3v) is 3.98. The molecule has 0 fully saturated rings. The number of amides is 1. The molecule has 5 nitrogen and oxygen atoms in total. The van der Waals surface area contributed by atoms with E-state index in [1.807, 2.05) is 43.3 Å². The van der Waals surface area contributed by atoms with Crippen molar-refractivity contribution in [1.82, 2.24) is 5.32 Å². The Labute approximate surface area is 157 Å². The number of hydrogen-bond donors (Lipinski definition) is 1. The maximum atomic E-state index is 11.8. The van der Waals surface area contributed by atoms with Gasteiger partial charge in [0.15, 0.2) is 6.61 Å². The Morgan fingerprint density at radius 2 is 2.00 bits per heavy atom. The topological polar surface area (TPSA) is 64.6 Å². The van der Waals surface area contributed by atoms with E-state index in [4.69, 9.17) is 21.1 Å². The first-order valence-corrected chi connectivity index (χ1v) is 8.36. The van der Waals surface area contributed by atoms with Crippen LogP contribution in [0.15, 0.2) is 48.5 Å². The van der Waals surface area contributed by atoms with E-state index in [0.29, 0.717) is 17.3 Å². The van der Waals surface area contributed by atoms with Crippen molar-refractivity contribution in [1.29, 1.82) is 0 Å². The van der Waals surface area contributed by atoms with E-state index in [9.17, 15) is 9.59 Å². The van der Waals surface area contributed by atoms with Gasteiger partial charge in [0.2, 0.25) is 0 Å². The van der Waals surface area contributed by atoms with Gasteiger partial charge in [0.25, 0.3) is 5.91 Å². The summed E-state index contributed by atoms with van der Waals surface area (Å²) in [5.41, 5.74) is 2.62. The Kier molecular flexibility index (Phi) is 7.24. The lowest BCUT2D eigenvalue weighted by Crippen LogP contribution is -2.28. The summed E-state index contributed by atoms with van der Waals surface area (Å²) in [6, 6.07) is 12.8. The van der Waals surface area contributed by atoms with Gasteiger partial charge in [-0.05, 0) is 47.9 Å². The van der Waals surface area contributed by atoms with Crippen molar-refractivity contribution >= 4 is 29.6 Å². The van der Waals surface area contributed by atoms with Crippen LogP contribution in [0.4, 0.5) is 0 Å². The van der Waals surface area contributed by atoms with Gasteiger partial charge < -0.3 is 14.8 Å². The largest absolute Gasteiger partial charge is 0.497 e. The van der Waals surface area contributed by atoms with Gasteiger partial charge in [-0.3, -0.25) is 4.79 Å². The third kappa shape index (κ3) is 6.26. The van der Waals surface area contributed by atoms with Crippen molar-refractivity contribution in [3.63, 3.8) is 0 Å². The zero-order chi connectivity index (χ0) is 18.9. The van der Waals surface area contributed by atoms with Crippen LogP contribution in [0.1, 0.15) is 16.7 Å². The molecule has 1 N–H and O–H groups in total. The molecule has 0 radical (unpaired) electrons. The zero-order valence-corrected chi connectivity index (χ0v) is 15.4. The quantitative estimate of drug-likeness (QED) is 0.595. The summed E-state index contributed by atoms with van der Waals surface area (Å²) in [5, 5.41) is 3.30. The van der Waals surface area contributed by atoms with Gasteiger partial charge in [-0.2, -0.15) is 0 Å². The molecule has 0 aliphatic rings. The number of ether oxygens (including phenoxy) is 2. The number of carbonyl (C=O) groups excluding carboxylic acids is 2. The Bertz CT molecular complexity index is 817. The number of aryl methyl sites for hydroxylation is 1. The number of rotatable bonds is 7. The van der Waals surface area contributed by atoms with Crippen molar-refractivity contribution < 1.29 is 19.1 Å². The Hall–Kier alpha value is -2.79. The van der Waals surface area contributed by atoms with E-state index in [2.05, 4.69) is 5.32 Å². The number of carbonyl (C=O) groups is 2. The molecule has 2 aromatic carbocycles. The van der Waals surface area contributed by atoms with Crippen LogP contribution in [0.25, 0.3) is 6.08 Å². The lowest BCUT2D eigenvalue weighted by molar-refractivity contribution is -0.143. The molecule has 0 heterocycles. The first-order chi connectivity index (χ1) is 12.5. The Balaban J connectivity index is 1.76. The van der Waals surface area contributed by atoms with E-state index in [-0.39, 0.29) is 12.5 Å². The van der Waals surface area contributed by atoms with Gasteiger partial charge in [-0.1, -0.05) is 35.9 Å². The van der Waals surface area contributed by atoms with Crippen LogP contribution in [-0.2, 0) is 20.9 Å². The van der Waals surface area contributed by atoms with Crippen LogP contribution in [-0.4, -0.2) is 25.6 Å². The van der Waals surface area contributed by atoms with Crippen molar-refractivity contribution in [2.45, 2.75) is 13.5 Å². The maximum Gasteiger partial charge on any atom is 0.331 e. The monoisotopic (exact) mass is 373 g/mol. The molecule has 0 aliphatic carbocycles. The summed E-state index contributed by atoms with van der Waals surface area (Å²) < 4.78 is 10.0. The van der Waals surface area contributed by atoms with E-state index < -0.39 is 5.97 Å². The fraction of sp³-hybridized carbons (Fsp3) is 0.200. The predicted molar refractivity (Wildman–Crippen MR) is 101 cm³/mol. The highest BCUT2D eigenvalue weighted by Gasteiger charge is 2.05. The highest BCUT2D eigenvalue weighted by atomic mass is 35.5. The molecule has 2 rings (SSSR count). The number of hydrogen-bond acceptors (Lipinski definition) is 4. The molecule has 0 aromatic heterocycles. The molecule has 0 atom stereocenters. The van der Waals surface area contributed by atoms with Gasteiger partial charge in [-0.25, -0.2) is 4.79 Å². The van der Waals surface area contributed by atoms with Crippen LogP contribution in [0.2, 0.25) is 5.02 Å².